The van der Waals surface area contributed by atoms with E-state index in [2.05, 4.69) is 36.0 Å². The van der Waals surface area contributed by atoms with Crippen LogP contribution in [-0.2, 0) is 6.61 Å². The molecule has 1 atom stereocenters. The SMILES string of the molecule is O=C(NCC1CCCCC1)c1ccc(-c2ccc(Cl)cc2)c(COc2ccc(C3[CH]CCCC3)cc2)c1. The van der Waals surface area contributed by atoms with Crippen LogP contribution in [0.4, 0.5) is 0 Å². The number of hydrogen-bond acceptors (Lipinski definition) is 2. The van der Waals surface area contributed by atoms with Crippen LogP contribution in [0.5, 0.6) is 5.75 Å². The second-order valence-electron chi connectivity index (χ2n) is 10.6. The van der Waals surface area contributed by atoms with Crippen LogP contribution in [0, 0.1) is 12.3 Å². The van der Waals surface area contributed by atoms with Crippen LogP contribution >= 0.6 is 11.6 Å². The van der Waals surface area contributed by atoms with E-state index < -0.39 is 0 Å². The Bertz CT molecular complexity index is 1160. The van der Waals surface area contributed by atoms with Gasteiger partial charge in [-0.2, -0.15) is 0 Å². The van der Waals surface area contributed by atoms with E-state index >= 15 is 0 Å². The van der Waals surface area contributed by atoms with Crippen molar-refractivity contribution in [2.45, 2.75) is 70.3 Å². The summed E-state index contributed by atoms with van der Waals surface area (Å²) in [7, 11) is 0. The highest BCUT2D eigenvalue weighted by atomic mass is 35.5. The van der Waals surface area contributed by atoms with Crippen molar-refractivity contribution in [3.8, 4) is 16.9 Å². The van der Waals surface area contributed by atoms with Gasteiger partial charge in [-0.15, -0.1) is 0 Å². The summed E-state index contributed by atoms with van der Waals surface area (Å²) in [4.78, 5) is 13.0. The van der Waals surface area contributed by atoms with Crippen molar-refractivity contribution >= 4 is 17.5 Å². The van der Waals surface area contributed by atoms with Crippen molar-refractivity contribution in [1.29, 1.82) is 0 Å². The highest BCUT2D eigenvalue weighted by Gasteiger charge is 2.17. The Morgan fingerprint density at radius 3 is 2.35 bits per heavy atom. The van der Waals surface area contributed by atoms with Gasteiger partial charge in [0.1, 0.15) is 12.4 Å². The molecule has 4 heteroatoms. The van der Waals surface area contributed by atoms with Crippen molar-refractivity contribution in [3.63, 3.8) is 0 Å². The lowest BCUT2D eigenvalue weighted by Crippen LogP contribution is -2.30. The van der Waals surface area contributed by atoms with Crippen LogP contribution in [0.2, 0.25) is 5.02 Å². The molecule has 2 fully saturated rings. The number of carbonyl (C=O) groups is 1. The number of benzene rings is 3. The van der Waals surface area contributed by atoms with E-state index in [1.165, 1.54) is 63.4 Å². The van der Waals surface area contributed by atoms with Crippen LogP contribution in [-0.4, -0.2) is 12.5 Å². The Morgan fingerprint density at radius 2 is 1.62 bits per heavy atom. The van der Waals surface area contributed by atoms with Crippen molar-refractivity contribution in [3.05, 3.63) is 94.9 Å². The van der Waals surface area contributed by atoms with Crippen LogP contribution in [0.1, 0.15) is 85.2 Å². The first-order valence-electron chi connectivity index (χ1n) is 13.9. The predicted octanol–water partition coefficient (Wildman–Crippen LogP) is 8.76. The summed E-state index contributed by atoms with van der Waals surface area (Å²) in [5, 5.41) is 3.88. The van der Waals surface area contributed by atoms with Crippen molar-refractivity contribution < 1.29 is 9.53 Å². The summed E-state index contributed by atoms with van der Waals surface area (Å²) in [6, 6.07) is 22.3. The molecule has 1 unspecified atom stereocenters. The monoisotopic (exact) mass is 514 g/mol. The zero-order valence-electron chi connectivity index (χ0n) is 21.6. The first-order chi connectivity index (χ1) is 18.2. The first-order valence-corrected chi connectivity index (χ1v) is 14.3. The maximum Gasteiger partial charge on any atom is 0.251 e. The fourth-order valence-electron chi connectivity index (χ4n) is 5.72. The molecule has 0 saturated heterocycles. The molecule has 2 aliphatic rings. The number of rotatable bonds is 8. The van der Waals surface area contributed by atoms with Gasteiger partial charge in [0.05, 0.1) is 0 Å². The Labute approximate surface area is 226 Å². The molecular weight excluding hydrogens is 478 g/mol. The average molecular weight is 515 g/mol. The van der Waals surface area contributed by atoms with Crippen LogP contribution in [0.3, 0.4) is 0 Å². The van der Waals surface area contributed by atoms with E-state index in [9.17, 15) is 4.79 Å². The number of carbonyl (C=O) groups excluding carboxylic acids is 1. The van der Waals surface area contributed by atoms with Gasteiger partial charge in [-0.25, -0.2) is 0 Å². The molecule has 5 rings (SSSR count). The topological polar surface area (TPSA) is 38.3 Å². The second kappa shape index (κ2) is 12.6. The van der Waals surface area contributed by atoms with Gasteiger partial charge in [-0.05, 0) is 103 Å². The quantitative estimate of drug-likeness (QED) is 0.326. The maximum absolute atomic E-state index is 13.0. The summed E-state index contributed by atoms with van der Waals surface area (Å²) >= 11 is 6.13. The van der Waals surface area contributed by atoms with E-state index in [0.717, 1.165) is 29.0 Å². The number of hydrogen-bond donors (Lipinski definition) is 1. The zero-order chi connectivity index (χ0) is 25.5. The first kappa shape index (κ1) is 25.9. The lowest BCUT2D eigenvalue weighted by Gasteiger charge is -2.22. The summed E-state index contributed by atoms with van der Waals surface area (Å²) in [6.45, 7) is 1.14. The highest BCUT2D eigenvalue weighted by molar-refractivity contribution is 6.30. The molecule has 37 heavy (non-hydrogen) atoms. The highest BCUT2D eigenvalue weighted by Crippen LogP contribution is 2.33. The van der Waals surface area contributed by atoms with E-state index in [1.54, 1.807) is 0 Å². The minimum Gasteiger partial charge on any atom is -0.489 e. The average Bonchev–Trinajstić information content (AvgIpc) is 2.96. The van der Waals surface area contributed by atoms with E-state index in [0.29, 0.717) is 29.0 Å². The largest absolute Gasteiger partial charge is 0.489 e. The lowest BCUT2D eigenvalue weighted by atomic mass is 9.84. The van der Waals surface area contributed by atoms with Gasteiger partial charge in [0, 0.05) is 17.1 Å². The third-order valence-electron chi connectivity index (χ3n) is 7.92. The predicted molar refractivity (Wildman–Crippen MR) is 152 cm³/mol. The standard InChI is InChI=1S/C33H37ClNO2/c34-30-16-11-27(12-17-30)32-20-15-28(33(36)35-22-24-7-3-1-4-8-24)21-29(32)23-37-31-18-13-26(14-19-31)25-9-5-2-6-10-25/h9,11-21,24-25H,1-8,10,22-23H2,(H,35,36). The maximum atomic E-state index is 13.0. The molecule has 0 heterocycles. The Hall–Kier alpha value is -2.78. The zero-order valence-corrected chi connectivity index (χ0v) is 22.3. The van der Waals surface area contributed by atoms with Crippen LogP contribution in [0.25, 0.3) is 11.1 Å². The molecule has 1 radical (unpaired) electrons. The molecule has 0 aromatic heterocycles. The molecule has 193 valence electrons. The number of halogens is 1. The molecule has 1 amide bonds. The van der Waals surface area contributed by atoms with Gasteiger partial charge in [-0.3, -0.25) is 4.79 Å². The van der Waals surface area contributed by atoms with Gasteiger partial charge < -0.3 is 10.1 Å². The van der Waals surface area contributed by atoms with Gasteiger partial charge >= 0.3 is 0 Å². The van der Waals surface area contributed by atoms with Gasteiger partial charge in [0.25, 0.3) is 5.91 Å². The molecular formula is C33H37ClNO2. The molecule has 0 spiro atoms. The molecule has 2 aliphatic carbocycles. The number of ether oxygens (including phenoxy) is 1. The Morgan fingerprint density at radius 1 is 0.865 bits per heavy atom. The third kappa shape index (κ3) is 6.96. The normalized spacial score (nSPS) is 16.9. The Balaban J connectivity index is 1.31. The minimum atomic E-state index is -0.0115. The minimum absolute atomic E-state index is 0.0115. The molecule has 3 aromatic carbocycles. The number of amides is 1. The summed E-state index contributed by atoms with van der Waals surface area (Å²) < 4.78 is 6.24. The molecule has 0 aliphatic heterocycles. The molecule has 0 bridgehead atoms. The van der Waals surface area contributed by atoms with Gasteiger partial charge in [0.2, 0.25) is 0 Å². The van der Waals surface area contributed by atoms with E-state index in [1.807, 2.05) is 42.5 Å². The van der Waals surface area contributed by atoms with Crippen LogP contribution < -0.4 is 10.1 Å². The molecule has 3 nitrogen and oxygen atoms in total. The third-order valence-corrected chi connectivity index (χ3v) is 8.17. The van der Waals surface area contributed by atoms with E-state index in [-0.39, 0.29) is 5.91 Å². The molecule has 3 aromatic rings. The second-order valence-corrected chi connectivity index (χ2v) is 11.0. The van der Waals surface area contributed by atoms with Gasteiger partial charge in [-0.1, -0.05) is 74.0 Å². The molecule has 2 saturated carbocycles. The summed E-state index contributed by atoms with van der Waals surface area (Å²) in [5.74, 6) is 1.99. The van der Waals surface area contributed by atoms with Gasteiger partial charge in [0.15, 0.2) is 0 Å². The van der Waals surface area contributed by atoms with Crippen molar-refractivity contribution in [2.75, 3.05) is 6.54 Å². The Kier molecular flexibility index (Phi) is 8.84. The van der Waals surface area contributed by atoms with Crippen LogP contribution in [0.15, 0.2) is 66.7 Å². The number of nitrogens with one attached hydrogen (secondary N) is 1. The smallest absolute Gasteiger partial charge is 0.251 e. The van der Waals surface area contributed by atoms with Crippen molar-refractivity contribution in [1.82, 2.24) is 5.32 Å². The summed E-state index contributed by atoms with van der Waals surface area (Å²) in [5.41, 5.74) is 5.13. The fourth-order valence-corrected chi connectivity index (χ4v) is 5.84. The molecule has 1 N–H and O–H groups in total. The van der Waals surface area contributed by atoms with E-state index in [4.69, 9.17) is 16.3 Å². The fraction of sp³-hybridized carbons (Fsp3) is 0.394. The van der Waals surface area contributed by atoms with Crippen molar-refractivity contribution in [2.24, 2.45) is 5.92 Å². The summed E-state index contributed by atoms with van der Waals surface area (Å²) in [6.07, 6.45) is 13.8. The lowest BCUT2D eigenvalue weighted by molar-refractivity contribution is 0.0943.